The first-order valence-electron chi connectivity index (χ1n) is 9.05. The minimum absolute atomic E-state index is 0.0544. The van der Waals surface area contributed by atoms with Gasteiger partial charge in [0.2, 0.25) is 5.95 Å². The number of nitrogens with one attached hydrogen (secondary N) is 1. The van der Waals surface area contributed by atoms with Gasteiger partial charge in [0.15, 0.2) is 23.2 Å². The normalized spacial score (nSPS) is 23.6. The number of nitrogen functional groups attached to an aromatic ring is 1. The van der Waals surface area contributed by atoms with Gasteiger partial charge in [-0.1, -0.05) is 12.1 Å². The Balaban J connectivity index is 1.69. The van der Waals surface area contributed by atoms with Crippen molar-refractivity contribution in [1.82, 2.24) is 19.5 Å². The number of imidazole rings is 1. The fraction of sp³-hybridized carbons (Fsp3) is 0.294. The Bertz CT molecular complexity index is 1150. The van der Waals surface area contributed by atoms with Crippen LogP contribution in [0.1, 0.15) is 11.8 Å². The molecule has 2 aromatic heterocycles. The Morgan fingerprint density at radius 1 is 1.35 bits per heavy atom. The second kappa shape index (κ2) is 8.19. The van der Waals surface area contributed by atoms with Gasteiger partial charge in [-0.15, -0.1) is 0 Å². The summed E-state index contributed by atoms with van der Waals surface area (Å²) >= 11 is 0. The summed E-state index contributed by atoms with van der Waals surface area (Å²) in [5, 5.41) is 44.9. The van der Waals surface area contributed by atoms with Gasteiger partial charge < -0.3 is 25.8 Å². The molecule has 0 saturated carbocycles. The number of aliphatic hydroxyl groups is 3. The zero-order valence-corrected chi connectivity index (χ0v) is 15.8. The Morgan fingerprint density at radius 2 is 2.16 bits per heavy atom. The number of benzene rings is 1. The molecule has 3 aromatic rings. The van der Waals surface area contributed by atoms with Gasteiger partial charge >= 0.3 is 0 Å². The molecule has 0 unspecified atom stereocenters. The number of hydrogen-bond acceptors (Lipinski definition) is 12. The molecule has 0 radical (unpaired) electrons. The van der Waals surface area contributed by atoms with Gasteiger partial charge in [-0.25, -0.2) is 20.4 Å². The third-order valence-corrected chi connectivity index (χ3v) is 4.74. The molecule has 0 spiro atoms. The van der Waals surface area contributed by atoms with Crippen LogP contribution in [0.2, 0.25) is 0 Å². The Hall–Kier alpha value is -3.72. The zero-order chi connectivity index (χ0) is 22.1. The van der Waals surface area contributed by atoms with E-state index in [1.165, 1.54) is 35.3 Å². The highest BCUT2D eigenvalue weighted by Crippen LogP contribution is 2.35. The van der Waals surface area contributed by atoms with Crippen LogP contribution in [0.5, 0.6) is 0 Å². The summed E-state index contributed by atoms with van der Waals surface area (Å²) < 4.78 is 6.91. The second-order valence-corrected chi connectivity index (χ2v) is 6.69. The van der Waals surface area contributed by atoms with E-state index in [1.54, 1.807) is 6.07 Å². The van der Waals surface area contributed by atoms with Crippen LogP contribution in [-0.4, -0.2) is 70.9 Å². The molecule has 1 saturated heterocycles. The van der Waals surface area contributed by atoms with E-state index in [0.717, 1.165) is 0 Å². The SMILES string of the molecule is Nc1ncnc2c1nc(N/N=C\c1cccc([N+](=O)[O-])c1)n2[C@@H]1O[C@H](CO)[C@@H](O)[C@H]1O. The fourth-order valence-electron chi connectivity index (χ4n) is 3.22. The summed E-state index contributed by atoms with van der Waals surface area (Å²) in [5.74, 6) is 0.125. The van der Waals surface area contributed by atoms with Crippen LogP contribution in [0.15, 0.2) is 35.7 Å². The highest BCUT2D eigenvalue weighted by atomic mass is 16.6. The average molecular weight is 430 g/mol. The van der Waals surface area contributed by atoms with Crippen LogP contribution < -0.4 is 11.2 Å². The van der Waals surface area contributed by atoms with E-state index in [-0.39, 0.29) is 28.6 Å². The molecule has 3 heterocycles. The van der Waals surface area contributed by atoms with Crippen LogP contribution in [0.3, 0.4) is 0 Å². The van der Waals surface area contributed by atoms with Crippen molar-refractivity contribution in [3.8, 4) is 0 Å². The molecular weight excluding hydrogens is 412 g/mol. The van der Waals surface area contributed by atoms with Gasteiger partial charge in [0, 0.05) is 17.7 Å². The lowest BCUT2D eigenvalue weighted by Crippen LogP contribution is -2.33. The number of fused-ring (bicyclic) bond motifs is 1. The molecule has 4 rings (SSSR count). The highest BCUT2D eigenvalue weighted by molar-refractivity contribution is 5.85. The van der Waals surface area contributed by atoms with Crippen molar-refractivity contribution in [2.24, 2.45) is 5.10 Å². The maximum absolute atomic E-state index is 10.9. The molecule has 14 nitrogen and oxygen atoms in total. The lowest BCUT2D eigenvalue weighted by molar-refractivity contribution is -0.384. The van der Waals surface area contributed by atoms with Gasteiger partial charge in [0.05, 0.1) is 17.7 Å². The Labute approximate surface area is 173 Å². The standard InChI is InChI=1S/C17H18N8O6/c18-14-11-15(20-7-19-14)24(16-13(28)12(27)10(6-26)31-16)17(22-11)23-21-5-8-2-1-3-9(4-8)25(29)30/h1-5,7,10,12-13,16,26-28H,6H2,(H,22,23)(H2,18,19,20)/b21-5-/t10-,12-,13-,16-/m1/s1. The van der Waals surface area contributed by atoms with Crippen molar-refractivity contribution in [3.05, 3.63) is 46.3 Å². The summed E-state index contributed by atoms with van der Waals surface area (Å²) in [6, 6.07) is 5.83. The predicted molar refractivity (Wildman–Crippen MR) is 107 cm³/mol. The summed E-state index contributed by atoms with van der Waals surface area (Å²) in [7, 11) is 0. The first-order valence-corrected chi connectivity index (χ1v) is 9.05. The minimum atomic E-state index is -1.40. The minimum Gasteiger partial charge on any atom is -0.394 e. The molecule has 6 N–H and O–H groups in total. The van der Waals surface area contributed by atoms with E-state index in [9.17, 15) is 25.4 Å². The fourth-order valence-corrected chi connectivity index (χ4v) is 3.22. The summed E-state index contributed by atoms with van der Waals surface area (Å²) in [5.41, 5.74) is 9.30. The number of aliphatic hydroxyl groups excluding tert-OH is 3. The van der Waals surface area contributed by atoms with Crippen molar-refractivity contribution in [3.63, 3.8) is 0 Å². The molecule has 0 bridgehead atoms. The van der Waals surface area contributed by atoms with Crippen LogP contribution in [0.25, 0.3) is 11.2 Å². The molecule has 162 valence electrons. The molecule has 4 atom stereocenters. The number of aromatic nitrogens is 4. The van der Waals surface area contributed by atoms with Crippen molar-refractivity contribution in [2.75, 3.05) is 17.8 Å². The molecule has 1 fully saturated rings. The van der Waals surface area contributed by atoms with Crippen molar-refractivity contribution >= 4 is 34.8 Å². The molecule has 31 heavy (non-hydrogen) atoms. The van der Waals surface area contributed by atoms with Gasteiger partial charge in [-0.2, -0.15) is 5.10 Å². The maximum atomic E-state index is 10.9. The number of rotatable bonds is 6. The first kappa shape index (κ1) is 20.5. The molecule has 14 heteroatoms. The molecule has 0 amide bonds. The van der Waals surface area contributed by atoms with E-state index in [1.807, 2.05) is 0 Å². The third-order valence-electron chi connectivity index (χ3n) is 4.74. The van der Waals surface area contributed by atoms with E-state index in [0.29, 0.717) is 5.56 Å². The molecule has 1 aliphatic heterocycles. The number of hydrazone groups is 1. The van der Waals surface area contributed by atoms with Crippen LogP contribution in [0, 0.1) is 10.1 Å². The second-order valence-electron chi connectivity index (χ2n) is 6.69. The quantitative estimate of drug-likeness (QED) is 0.189. The lowest BCUT2D eigenvalue weighted by atomic mass is 10.1. The summed E-state index contributed by atoms with van der Waals surface area (Å²) in [4.78, 5) is 22.7. The number of nitro benzene ring substituents is 1. The molecule has 0 aliphatic carbocycles. The van der Waals surface area contributed by atoms with E-state index in [2.05, 4.69) is 25.5 Å². The predicted octanol–water partition coefficient (Wildman–Crippen LogP) is -0.626. The number of hydrogen-bond donors (Lipinski definition) is 5. The smallest absolute Gasteiger partial charge is 0.270 e. The van der Waals surface area contributed by atoms with Gasteiger partial charge in [-0.3, -0.25) is 14.7 Å². The maximum Gasteiger partial charge on any atom is 0.270 e. The van der Waals surface area contributed by atoms with Crippen LogP contribution in [0.4, 0.5) is 17.5 Å². The number of ether oxygens (including phenoxy) is 1. The largest absolute Gasteiger partial charge is 0.394 e. The summed E-state index contributed by atoms with van der Waals surface area (Å²) in [6.45, 7) is -0.508. The Kier molecular flexibility index (Phi) is 5.43. The van der Waals surface area contributed by atoms with E-state index in [4.69, 9.17) is 10.5 Å². The number of non-ortho nitro benzene ring substituents is 1. The van der Waals surface area contributed by atoms with Crippen molar-refractivity contribution in [1.29, 1.82) is 0 Å². The molecule has 1 aromatic carbocycles. The van der Waals surface area contributed by atoms with Gasteiger partial charge in [0.25, 0.3) is 5.69 Å². The summed E-state index contributed by atoms with van der Waals surface area (Å²) in [6.07, 6.45) is -2.37. The number of anilines is 2. The number of nitrogens with two attached hydrogens (primary N) is 1. The van der Waals surface area contributed by atoms with Crippen molar-refractivity contribution in [2.45, 2.75) is 24.5 Å². The number of nitrogens with zero attached hydrogens (tertiary/aromatic N) is 6. The van der Waals surface area contributed by atoms with Crippen LogP contribution >= 0.6 is 0 Å². The van der Waals surface area contributed by atoms with Crippen molar-refractivity contribution < 1.29 is 25.0 Å². The molecule has 1 aliphatic rings. The third kappa shape index (κ3) is 3.75. The monoisotopic (exact) mass is 430 g/mol. The zero-order valence-electron chi connectivity index (χ0n) is 15.8. The van der Waals surface area contributed by atoms with E-state index < -0.39 is 36.1 Å². The van der Waals surface area contributed by atoms with E-state index >= 15 is 0 Å². The highest BCUT2D eigenvalue weighted by Gasteiger charge is 2.45. The van der Waals surface area contributed by atoms with Crippen LogP contribution in [-0.2, 0) is 4.74 Å². The Morgan fingerprint density at radius 3 is 2.87 bits per heavy atom. The lowest BCUT2D eigenvalue weighted by Gasteiger charge is -2.18. The average Bonchev–Trinajstić information content (AvgIpc) is 3.26. The first-order chi connectivity index (χ1) is 14.9. The van der Waals surface area contributed by atoms with Gasteiger partial charge in [0.1, 0.15) is 24.6 Å². The molecular formula is C17H18N8O6. The number of nitro groups is 1. The topological polar surface area (TPSA) is 207 Å². The van der Waals surface area contributed by atoms with Gasteiger partial charge in [-0.05, 0) is 0 Å².